The second-order valence-corrected chi connectivity index (χ2v) is 8.14. The van der Waals surface area contributed by atoms with Crippen molar-refractivity contribution < 1.29 is 4.79 Å². The molecule has 1 saturated carbocycles. The molecule has 1 amide bonds. The highest BCUT2D eigenvalue weighted by Gasteiger charge is 2.23. The van der Waals surface area contributed by atoms with Gasteiger partial charge < -0.3 is 5.32 Å². The van der Waals surface area contributed by atoms with Crippen LogP contribution < -0.4 is 5.32 Å². The van der Waals surface area contributed by atoms with Gasteiger partial charge in [0, 0.05) is 42.0 Å². The molecule has 1 fully saturated rings. The number of hydrogen-bond donors (Lipinski definition) is 1. The molecule has 0 bridgehead atoms. The Hall–Kier alpha value is -3.61. The first-order valence-electron chi connectivity index (χ1n) is 10.6. The largest absolute Gasteiger partial charge is 0.326 e. The van der Waals surface area contributed by atoms with Crippen molar-refractivity contribution in [1.29, 1.82) is 0 Å². The lowest BCUT2D eigenvalue weighted by molar-refractivity contribution is -0.119. The Morgan fingerprint density at radius 2 is 1.90 bits per heavy atom. The predicted octanol–water partition coefficient (Wildman–Crippen LogP) is 4.53. The van der Waals surface area contributed by atoms with Crippen LogP contribution in [0.1, 0.15) is 31.4 Å². The normalized spacial score (nSPS) is 14.3. The Kier molecular flexibility index (Phi) is 4.94. The van der Waals surface area contributed by atoms with Gasteiger partial charge in [0.25, 0.3) is 0 Å². The molecule has 4 aromatic rings. The van der Waals surface area contributed by atoms with Gasteiger partial charge in [0.2, 0.25) is 5.91 Å². The molecule has 1 aromatic carbocycles. The number of aryl methyl sites for hydroxylation is 2. The van der Waals surface area contributed by atoms with E-state index in [1.807, 2.05) is 44.3 Å². The van der Waals surface area contributed by atoms with Crippen molar-refractivity contribution in [1.82, 2.24) is 24.7 Å². The first-order valence-corrected chi connectivity index (χ1v) is 10.6. The smallest absolute Gasteiger partial charge is 0.227 e. The number of carbonyl (C=O) groups is 1. The van der Waals surface area contributed by atoms with Crippen LogP contribution in [0.4, 0.5) is 5.69 Å². The van der Waals surface area contributed by atoms with E-state index in [0.717, 1.165) is 70.6 Å². The number of nitrogens with zero attached hydrogens (tertiary/aromatic N) is 5. The number of anilines is 1. The number of fused-ring (bicyclic) bond motifs is 1. The average molecular weight is 412 g/mol. The third-order valence-corrected chi connectivity index (χ3v) is 5.94. The van der Waals surface area contributed by atoms with Gasteiger partial charge in [-0.05, 0) is 44.0 Å². The number of benzene rings is 1. The quantitative estimate of drug-likeness (QED) is 0.532. The summed E-state index contributed by atoms with van der Waals surface area (Å²) in [5.74, 6) is 0.215. The molecule has 1 aliphatic rings. The fourth-order valence-corrected chi connectivity index (χ4v) is 4.24. The van der Waals surface area contributed by atoms with Gasteiger partial charge in [-0.15, -0.1) is 0 Å². The minimum absolute atomic E-state index is 0.101. The summed E-state index contributed by atoms with van der Waals surface area (Å²) >= 11 is 0. The molecule has 3 heterocycles. The Balaban J connectivity index is 1.61. The number of pyridine rings is 1. The number of rotatable bonds is 4. The summed E-state index contributed by atoms with van der Waals surface area (Å²) in [6, 6.07) is 9.83. The third-order valence-electron chi connectivity index (χ3n) is 5.94. The summed E-state index contributed by atoms with van der Waals surface area (Å²) in [6.45, 7) is 1.92. The number of amides is 1. The Morgan fingerprint density at radius 3 is 2.61 bits per heavy atom. The first-order chi connectivity index (χ1) is 15.1. The zero-order chi connectivity index (χ0) is 21.4. The summed E-state index contributed by atoms with van der Waals surface area (Å²) in [5.41, 5.74) is 5.85. The van der Waals surface area contributed by atoms with E-state index in [-0.39, 0.29) is 11.8 Å². The van der Waals surface area contributed by atoms with Gasteiger partial charge in [-0.25, -0.2) is 4.98 Å². The van der Waals surface area contributed by atoms with Gasteiger partial charge in [-0.3, -0.25) is 19.4 Å². The lowest BCUT2D eigenvalue weighted by atomic mass is 10.0. The zero-order valence-corrected chi connectivity index (χ0v) is 17.7. The molecule has 1 N–H and O–H groups in total. The van der Waals surface area contributed by atoms with Crippen molar-refractivity contribution in [3.8, 4) is 22.6 Å². The Bertz CT molecular complexity index is 1260. The van der Waals surface area contributed by atoms with Crippen LogP contribution >= 0.6 is 0 Å². The molecule has 0 atom stereocenters. The van der Waals surface area contributed by atoms with Crippen LogP contribution in [0.15, 0.2) is 48.9 Å². The van der Waals surface area contributed by atoms with Gasteiger partial charge >= 0.3 is 0 Å². The van der Waals surface area contributed by atoms with Crippen molar-refractivity contribution in [2.45, 2.75) is 32.6 Å². The van der Waals surface area contributed by atoms with E-state index in [1.165, 1.54) is 0 Å². The maximum atomic E-state index is 12.6. The van der Waals surface area contributed by atoms with Crippen molar-refractivity contribution >= 4 is 22.5 Å². The molecule has 0 saturated heterocycles. The van der Waals surface area contributed by atoms with Crippen molar-refractivity contribution in [3.05, 3.63) is 54.6 Å². The molecule has 156 valence electrons. The van der Waals surface area contributed by atoms with Crippen LogP contribution in [0.25, 0.3) is 33.5 Å². The molecule has 1 aliphatic carbocycles. The summed E-state index contributed by atoms with van der Waals surface area (Å²) in [4.78, 5) is 26.5. The standard InChI is InChI=1S/C24H24N6O/c1-15-13-26-22(14-25-15)19-12-21(23-9-10-27-30(23)2)29-20-11-17(7-8-18(19)20)28-24(31)16-5-3-4-6-16/h7-14,16H,3-6H2,1-2H3,(H,28,31). The Morgan fingerprint density at radius 1 is 1.06 bits per heavy atom. The van der Waals surface area contributed by atoms with Crippen LogP contribution in [0.3, 0.4) is 0 Å². The minimum Gasteiger partial charge on any atom is -0.326 e. The molecule has 0 unspecified atom stereocenters. The molecule has 0 aliphatic heterocycles. The number of nitrogens with one attached hydrogen (secondary N) is 1. The molecule has 7 nitrogen and oxygen atoms in total. The van der Waals surface area contributed by atoms with Crippen LogP contribution in [0.5, 0.6) is 0 Å². The topological polar surface area (TPSA) is 85.6 Å². The molecular formula is C24H24N6O. The zero-order valence-electron chi connectivity index (χ0n) is 17.7. The summed E-state index contributed by atoms with van der Waals surface area (Å²) in [5, 5.41) is 8.32. The van der Waals surface area contributed by atoms with E-state index in [4.69, 9.17) is 4.98 Å². The molecular weight excluding hydrogens is 388 g/mol. The van der Waals surface area contributed by atoms with Gasteiger partial charge in [-0.2, -0.15) is 5.10 Å². The predicted molar refractivity (Wildman–Crippen MR) is 120 cm³/mol. The molecule has 3 aromatic heterocycles. The van der Waals surface area contributed by atoms with Crippen LogP contribution in [0.2, 0.25) is 0 Å². The average Bonchev–Trinajstić information content (AvgIpc) is 3.45. The number of hydrogen-bond acceptors (Lipinski definition) is 5. The molecule has 5 rings (SSSR count). The summed E-state index contributed by atoms with van der Waals surface area (Å²) < 4.78 is 1.80. The van der Waals surface area contributed by atoms with E-state index >= 15 is 0 Å². The van der Waals surface area contributed by atoms with Crippen molar-refractivity contribution in [2.75, 3.05) is 5.32 Å². The van der Waals surface area contributed by atoms with Crippen LogP contribution in [-0.4, -0.2) is 30.6 Å². The minimum atomic E-state index is 0.101. The van der Waals surface area contributed by atoms with Crippen LogP contribution in [-0.2, 0) is 11.8 Å². The summed E-state index contributed by atoms with van der Waals surface area (Å²) in [6.07, 6.45) is 9.51. The van der Waals surface area contributed by atoms with Crippen molar-refractivity contribution in [3.63, 3.8) is 0 Å². The number of carbonyl (C=O) groups excluding carboxylic acids is 1. The van der Waals surface area contributed by atoms with E-state index in [2.05, 4.69) is 20.4 Å². The third kappa shape index (κ3) is 3.79. The van der Waals surface area contributed by atoms with Gasteiger partial charge in [0.15, 0.2) is 0 Å². The van der Waals surface area contributed by atoms with Gasteiger partial charge in [0.1, 0.15) is 0 Å². The second kappa shape index (κ2) is 7.91. The highest BCUT2D eigenvalue weighted by molar-refractivity contribution is 5.99. The SMILES string of the molecule is Cc1cnc(-c2cc(-c3ccnn3C)nc3cc(NC(=O)C4CCCC4)ccc23)cn1. The molecule has 7 heteroatoms. The van der Waals surface area contributed by atoms with E-state index < -0.39 is 0 Å². The fourth-order valence-electron chi connectivity index (χ4n) is 4.24. The first kappa shape index (κ1) is 19.4. The van der Waals surface area contributed by atoms with Crippen molar-refractivity contribution in [2.24, 2.45) is 13.0 Å². The fraction of sp³-hybridized carbons (Fsp3) is 0.292. The monoisotopic (exact) mass is 412 g/mol. The maximum Gasteiger partial charge on any atom is 0.227 e. The summed E-state index contributed by atoms with van der Waals surface area (Å²) in [7, 11) is 1.89. The lowest BCUT2D eigenvalue weighted by Crippen LogP contribution is -2.20. The van der Waals surface area contributed by atoms with E-state index in [0.29, 0.717) is 0 Å². The highest BCUT2D eigenvalue weighted by Crippen LogP contribution is 2.33. The van der Waals surface area contributed by atoms with E-state index in [9.17, 15) is 4.79 Å². The second-order valence-electron chi connectivity index (χ2n) is 8.14. The van der Waals surface area contributed by atoms with Gasteiger partial charge in [0.05, 0.1) is 34.5 Å². The molecule has 0 spiro atoms. The number of aromatic nitrogens is 5. The Labute approximate surface area is 180 Å². The maximum absolute atomic E-state index is 12.6. The highest BCUT2D eigenvalue weighted by atomic mass is 16.1. The van der Waals surface area contributed by atoms with Crippen LogP contribution in [0, 0.1) is 12.8 Å². The van der Waals surface area contributed by atoms with Gasteiger partial charge in [-0.1, -0.05) is 18.9 Å². The lowest BCUT2D eigenvalue weighted by Gasteiger charge is -2.13. The molecule has 31 heavy (non-hydrogen) atoms. The molecule has 0 radical (unpaired) electrons. The van der Waals surface area contributed by atoms with E-state index in [1.54, 1.807) is 23.3 Å².